The van der Waals surface area contributed by atoms with Crippen LogP contribution in [0.5, 0.6) is 11.5 Å². The number of rotatable bonds is 8. The van der Waals surface area contributed by atoms with Gasteiger partial charge in [0, 0.05) is 32.7 Å². The van der Waals surface area contributed by atoms with E-state index in [1.165, 1.54) is 0 Å². The Bertz CT molecular complexity index is 3560. The Labute approximate surface area is 370 Å². The van der Waals surface area contributed by atoms with Crippen LogP contribution in [-0.4, -0.2) is 23.4 Å². The van der Waals surface area contributed by atoms with Crippen molar-refractivity contribution in [1.29, 1.82) is 10.5 Å². The fraction of sp³-hybridized carbons (Fsp3) is 0.0345. The molecule has 64 heavy (non-hydrogen) atoms. The molecule has 9 aromatic carbocycles. The largest absolute Gasteiger partial charge is 0.497 e. The molecule has 0 fully saturated rings. The van der Waals surface area contributed by atoms with Gasteiger partial charge < -0.3 is 18.6 Å². The van der Waals surface area contributed by atoms with Crippen LogP contribution in [0.1, 0.15) is 11.1 Å². The molecule has 0 radical (unpaired) electrons. The first kappa shape index (κ1) is 38.1. The lowest BCUT2D eigenvalue weighted by Gasteiger charge is -2.23. The van der Waals surface area contributed by atoms with E-state index in [1.54, 1.807) is 14.2 Å². The van der Waals surface area contributed by atoms with Crippen LogP contribution in [0.15, 0.2) is 194 Å². The van der Waals surface area contributed by atoms with E-state index in [0.29, 0.717) is 11.1 Å². The van der Waals surface area contributed by atoms with Gasteiger partial charge in [-0.2, -0.15) is 10.5 Å². The highest BCUT2D eigenvalue weighted by Gasteiger charge is 2.26. The van der Waals surface area contributed by atoms with Gasteiger partial charge >= 0.3 is 0 Å². The predicted molar refractivity (Wildman–Crippen MR) is 259 cm³/mol. The Kier molecular flexibility index (Phi) is 9.27. The Hall–Kier alpha value is -8.84. The van der Waals surface area contributed by atoms with Gasteiger partial charge in [-0.15, -0.1) is 0 Å². The van der Waals surface area contributed by atoms with Crippen molar-refractivity contribution in [2.45, 2.75) is 0 Å². The van der Waals surface area contributed by atoms with Crippen LogP contribution >= 0.6 is 0 Å². The minimum absolute atomic E-state index is 0.543. The van der Waals surface area contributed by atoms with Crippen LogP contribution in [-0.2, 0) is 0 Å². The molecular formula is C58H38N4O2. The zero-order chi connectivity index (χ0) is 43.3. The molecule has 0 aliphatic heterocycles. The van der Waals surface area contributed by atoms with Gasteiger partial charge in [0.25, 0.3) is 0 Å². The Morgan fingerprint density at radius 3 is 1.11 bits per heavy atom. The molecule has 0 saturated carbocycles. The van der Waals surface area contributed by atoms with E-state index in [9.17, 15) is 10.5 Å². The van der Waals surface area contributed by atoms with Crippen molar-refractivity contribution in [2.24, 2.45) is 0 Å². The summed E-state index contributed by atoms with van der Waals surface area (Å²) in [4.78, 5) is 0. The van der Waals surface area contributed by atoms with Crippen molar-refractivity contribution in [1.82, 2.24) is 9.13 Å². The molecular weight excluding hydrogens is 785 g/mol. The summed E-state index contributed by atoms with van der Waals surface area (Å²) < 4.78 is 16.2. The van der Waals surface area contributed by atoms with E-state index in [4.69, 9.17) is 9.47 Å². The first-order valence-corrected chi connectivity index (χ1v) is 21.1. The summed E-state index contributed by atoms with van der Waals surface area (Å²) in [5.74, 6) is 1.50. The van der Waals surface area contributed by atoms with E-state index in [-0.39, 0.29) is 0 Å². The summed E-state index contributed by atoms with van der Waals surface area (Å²) in [7, 11) is 3.36. The lowest BCUT2D eigenvalue weighted by molar-refractivity contribution is 0.415. The minimum atomic E-state index is 0.543. The number of methoxy groups -OCH3 is 2. The van der Waals surface area contributed by atoms with E-state index >= 15 is 0 Å². The standard InChI is InChI=1S/C58H38N4O2/c1-63-45-21-25-53-49(33-45)50-34-46(64-2)22-26-54(50)62(53)56-28-27-55(57(43-17-9-11-37(29-43)35-59)58(56)44-18-10-12-38(30-44)36-60)61-51-23-19-41(39-13-5-3-6-14-39)31-47(51)48-32-42(20-24-52(48)61)40-15-7-4-8-16-40/h3-34H,1-2H3. The molecule has 302 valence electrons. The zero-order valence-electron chi connectivity index (χ0n) is 35.1. The molecule has 6 heteroatoms. The summed E-state index contributed by atoms with van der Waals surface area (Å²) in [6.07, 6.45) is 0. The van der Waals surface area contributed by atoms with Crippen molar-refractivity contribution >= 4 is 43.6 Å². The van der Waals surface area contributed by atoms with Crippen molar-refractivity contribution < 1.29 is 9.47 Å². The molecule has 0 aliphatic carbocycles. The van der Waals surface area contributed by atoms with Crippen LogP contribution in [0.3, 0.4) is 0 Å². The number of fused-ring (bicyclic) bond motifs is 6. The van der Waals surface area contributed by atoms with E-state index in [0.717, 1.165) is 111 Å². The van der Waals surface area contributed by atoms with Crippen LogP contribution in [0.4, 0.5) is 0 Å². The maximum atomic E-state index is 10.4. The number of hydrogen-bond acceptors (Lipinski definition) is 4. The predicted octanol–water partition coefficient (Wildman–Crippen LogP) is 14.3. The highest BCUT2D eigenvalue weighted by Crippen LogP contribution is 2.47. The Morgan fingerprint density at radius 1 is 0.344 bits per heavy atom. The highest BCUT2D eigenvalue weighted by atomic mass is 16.5. The second-order valence-corrected chi connectivity index (χ2v) is 15.9. The van der Waals surface area contributed by atoms with Gasteiger partial charge in [-0.25, -0.2) is 0 Å². The van der Waals surface area contributed by atoms with E-state index < -0.39 is 0 Å². The third-order valence-corrected chi connectivity index (χ3v) is 12.4. The summed E-state index contributed by atoms with van der Waals surface area (Å²) in [5.41, 5.74) is 15.1. The number of ether oxygens (including phenoxy) is 2. The van der Waals surface area contributed by atoms with Crippen LogP contribution in [0.2, 0.25) is 0 Å². The van der Waals surface area contributed by atoms with Crippen LogP contribution in [0, 0.1) is 22.7 Å². The Balaban J connectivity index is 1.30. The van der Waals surface area contributed by atoms with Gasteiger partial charge in [0.1, 0.15) is 11.5 Å². The normalized spacial score (nSPS) is 11.2. The number of benzene rings is 9. The topological polar surface area (TPSA) is 75.9 Å². The lowest BCUT2D eigenvalue weighted by Crippen LogP contribution is -2.05. The second kappa shape index (κ2) is 15.6. The van der Waals surface area contributed by atoms with Gasteiger partial charge in [0.2, 0.25) is 0 Å². The number of hydrogen-bond donors (Lipinski definition) is 0. The smallest absolute Gasteiger partial charge is 0.119 e. The molecule has 6 nitrogen and oxygen atoms in total. The SMILES string of the molecule is COc1ccc2c(c1)c1cc(OC)ccc1n2-c1ccc(-n2c3ccc(-c4ccccc4)cc3c3cc(-c4ccccc4)ccc32)c(-c2cccc(C#N)c2)c1-c1cccc(C#N)c1. The average Bonchev–Trinajstić information content (AvgIpc) is 3.87. The number of aromatic nitrogens is 2. The van der Waals surface area contributed by atoms with Crippen LogP contribution < -0.4 is 9.47 Å². The lowest BCUT2D eigenvalue weighted by atomic mass is 9.89. The van der Waals surface area contributed by atoms with Gasteiger partial charge in [0.05, 0.1) is 70.9 Å². The molecule has 0 spiro atoms. The molecule has 0 aliphatic rings. The quantitative estimate of drug-likeness (QED) is 0.153. The van der Waals surface area contributed by atoms with Gasteiger partial charge in [-0.3, -0.25) is 0 Å². The molecule has 0 saturated heterocycles. The summed E-state index contributed by atoms with van der Waals surface area (Å²) >= 11 is 0. The molecule has 2 heterocycles. The molecule has 2 aromatic heterocycles. The maximum absolute atomic E-state index is 10.4. The maximum Gasteiger partial charge on any atom is 0.119 e. The monoisotopic (exact) mass is 822 g/mol. The summed E-state index contributed by atoms with van der Waals surface area (Å²) in [5, 5.41) is 24.9. The fourth-order valence-electron chi connectivity index (χ4n) is 9.42. The van der Waals surface area contributed by atoms with Gasteiger partial charge in [0.15, 0.2) is 0 Å². The van der Waals surface area contributed by atoms with Gasteiger partial charge in [-0.1, -0.05) is 97.1 Å². The molecule has 0 atom stereocenters. The molecule has 0 N–H and O–H groups in total. The van der Waals surface area contributed by atoms with Crippen LogP contribution in [0.25, 0.3) is 99.5 Å². The van der Waals surface area contributed by atoms with E-state index in [1.807, 2.05) is 60.7 Å². The second-order valence-electron chi connectivity index (χ2n) is 15.9. The van der Waals surface area contributed by atoms with Crippen molar-refractivity contribution in [2.75, 3.05) is 14.2 Å². The summed E-state index contributed by atoms with van der Waals surface area (Å²) in [6, 6.07) is 71.6. The highest BCUT2D eigenvalue weighted by molar-refractivity contribution is 6.14. The Morgan fingerprint density at radius 2 is 0.719 bits per heavy atom. The van der Waals surface area contributed by atoms with E-state index in [2.05, 4.69) is 155 Å². The van der Waals surface area contributed by atoms with Crippen molar-refractivity contribution in [3.05, 3.63) is 205 Å². The third-order valence-electron chi connectivity index (χ3n) is 12.4. The molecule has 0 amide bonds. The first-order valence-electron chi connectivity index (χ1n) is 21.1. The number of nitrogens with zero attached hydrogens (tertiary/aromatic N) is 4. The van der Waals surface area contributed by atoms with Gasteiger partial charge in [-0.05, 0) is 130 Å². The van der Waals surface area contributed by atoms with Crippen molar-refractivity contribution in [3.63, 3.8) is 0 Å². The van der Waals surface area contributed by atoms with Crippen molar-refractivity contribution in [3.8, 4) is 79.5 Å². The average molecular weight is 823 g/mol. The fourth-order valence-corrected chi connectivity index (χ4v) is 9.42. The number of nitriles is 2. The molecule has 0 unspecified atom stereocenters. The molecule has 11 rings (SSSR count). The molecule has 11 aromatic rings. The summed E-state index contributed by atoms with van der Waals surface area (Å²) in [6.45, 7) is 0. The molecule has 0 bridgehead atoms. The first-order chi connectivity index (χ1) is 31.5. The zero-order valence-corrected chi connectivity index (χ0v) is 35.1. The minimum Gasteiger partial charge on any atom is -0.497 e. The third kappa shape index (κ3) is 6.25.